The van der Waals surface area contributed by atoms with Gasteiger partial charge in [-0.15, -0.1) is 0 Å². The zero-order valence-corrected chi connectivity index (χ0v) is 14.1. The normalized spacial score (nSPS) is 26.0. The fourth-order valence-electron chi connectivity index (χ4n) is 2.31. The minimum absolute atomic E-state index is 0.0461. The minimum Gasteiger partial charge on any atom is -0.410 e. The number of alkyl halides is 13. The van der Waals surface area contributed by atoms with Crippen LogP contribution >= 0.6 is 0 Å². The molecule has 16 heteroatoms. The Bertz CT molecular complexity index is 537. The van der Waals surface area contributed by atoms with E-state index in [4.69, 9.17) is 0 Å². The lowest BCUT2D eigenvalue weighted by molar-refractivity contribution is -0.470. The van der Waals surface area contributed by atoms with Crippen LogP contribution in [0.5, 0.6) is 0 Å². The van der Waals surface area contributed by atoms with E-state index in [-0.39, 0.29) is 19.4 Å². The van der Waals surface area contributed by atoms with E-state index >= 15 is 0 Å². The Morgan fingerprint density at radius 1 is 0.704 bits per heavy atom. The van der Waals surface area contributed by atoms with Gasteiger partial charge in [0.05, 0.1) is 0 Å². The highest BCUT2D eigenvalue weighted by Gasteiger charge is 2.87. The lowest BCUT2D eigenvalue weighted by Gasteiger charge is -2.48. The van der Waals surface area contributed by atoms with Crippen LogP contribution in [0.25, 0.3) is 0 Å². The zero-order valence-electron chi connectivity index (χ0n) is 13.1. The molecule has 1 heterocycles. The largest absolute Gasteiger partial charge is 0.483 e. The van der Waals surface area contributed by atoms with Gasteiger partial charge in [-0.25, -0.2) is 4.39 Å². The third-order valence-corrected chi connectivity index (χ3v) is 7.83. The first-order chi connectivity index (χ1) is 11.7. The van der Waals surface area contributed by atoms with Crippen LogP contribution in [0.2, 0.25) is 12.6 Å². The second kappa shape index (κ2) is 6.64. The van der Waals surface area contributed by atoms with Crippen molar-refractivity contribution in [2.45, 2.75) is 61.2 Å². The van der Waals surface area contributed by atoms with E-state index in [1.165, 1.54) is 0 Å². The van der Waals surface area contributed by atoms with Gasteiger partial charge in [-0.2, -0.15) is 52.7 Å². The molecule has 0 aromatic carbocycles. The SMILES string of the molecule is C[Si]1(C(F)(OC(F)(F)C(F)(F)F)C(F)(F)C(F)(F)C(F)(F)F)CCCCO1. The number of hydrogen-bond donors (Lipinski definition) is 0. The second-order valence-electron chi connectivity index (χ2n) is 5.89. The number of halogens is 13. The van der Waals surface area contributed by atoms with E-state index in [1.54, 1.807) is 0 Å². The van der Waals surface area contributed by atoms with Gasteiger partial charge in [0.1, 0.15) is 0 Å². The number of rotatable bonds is 5. The molecule has 2 unspecified atom stereocenters. The van der Waals surface area contributed by atoms with Crippen molar-refractivity contribution < 1.29 is 66.2 Å². The highest BCUT2D eigenvalue weighted by atomic mass is 28.4. The predicted octanol–water partition coefficient (Wildman–Crippen LogP) is 5.58. The maximum atomic E-state index is 14.9. The topological polar surface area (TPSA) is 18.5 Å². The Labute approximate surface area is 143 Å². The monoisotopic (exact) mass is 450 g/mol. The molecule has 162 valence electrons. The Balaban J connectivity index is 3.64. The summed E-state index contributed by atoms with van der Waals surface area (Å²) in [7, 11) is -5.50. The molecule has 1 aliphatic rings. The van der Waals surface area contributed by atoms with Gasteiger partial charge in [0, 0.05) is 6.61 Å². The summed E-state index contributed by atoms with van der Waals surface area (Å²) in [6, 6.07) is -1.07. The van der Waals surface area contributed by atoms with Crippen LogP contribution < -0.4 is 0 Å². The molecule has 2 atom stereocenters. The molecule has 1 rings (SSSR count). The predicted molar refractivity (Wildman–Crippen MR) is 63.5 cm³/mol. The average molecular weight is 450 g/mol. The van der Waals surface area contributed by atoms with Crippen LogP contribution in [0.3, 0.4) is 0 Å². The molecule has 1 saturated heterocycles. The van der Waals surface area contributed by atoms with Crippen LogP contribution in [-0.4, -0.2) is 50.7 Å². The van der Waals surface area contributed by atoms with E-state index in [0.29, 0.717) is 0 Å². The molecule has 27 heavy (non-hydrogen) atoms. The molecule has 0 aromatic rings. The van der Waals surface area contributed by atoms with Gasteiger partial charge in [-0.05, 0) is 19.0 Å². The molecule has 0 N–H and O–H groups in total. The summed E-state index contributed by atoms with van der Waals surface area (Å²) < 4.78 is 176. The van der Waals surface area contributed by atoms with Gasteiger partial charge in [-0.3, -0.25) is 4.74 Å². The number of hydrogen-bond acceptors (Lipinski definition) is 2. The highest BCUT2D eigenvalue weighted by Crippen LogP contribution is 2.59. The maximum Gasteiger partial charge on any atom is 0.483 e. The second-order valence-corrected chi connectivity index (χ2v) is 9.79. The van der Waals surface area contributed by atoms with Crippen molar-refractivity contribution in [1.29, 1.82) is 0 Å². The van der Waals surface area contributed by atoms with Crippen LogP contribution in [-0.2, 0) is 9.16 Å². The molecule has 1 aliphatic heterocycles. The van der Waals surface area contributed by atoms with Crippen LogP contribution in [0.15, 0.2) is 0 Å². The summed E-state index contributed by atoms with van der Waals surface area (Å²) in [6.07, 6.45) is -21.3. The summed E-state index contributed by atoms with van der Waals surface area (Å²) in [5, 5.41) is 0. The van der Waals surface area contributed by atoms with Gasteiger partial charge in [-0.1, -0.05) is 6.42 Å². The van der Waals surface area contributed by atoms with Crippen molar-refractivity contribution >= 4 is 8.32 Å². The fraction of sp³-hybridized carbons (Fsp3) is 1.00. The standard InChI is InChI=1S/C11H11F13O2Si/c1-27(5-3-2-4-25-27)11(24,26-10(22,23)9(19,20)21)7(14,15)6(12,13)8(16,17)18/h2-5H2,1H3. The average Bonchev–Trinajstić information content (AvgIpc) is 2.44. The summed E-state index contributed by atoms with van der Waals surface area (Å²) in [4.78, 5) is 0. The van der Waals surface area contributed by atoms with Crippen molar-refractivity contribution in [2.24, 2.45) is 0 Å². The van der Waals surface area contributed by atoms with Crippen molar-refractivity contribution in [2.75, 3.05) is 6.61 Å². The molecule has 0 aliphatic carbocycles. The van der Waals surface area contributed by atoms with Crippen molar-refractivity contribution in [3.05, 3.63) is 0 Å². The summed E-state index contributed by atoms with van der Waals surface area (Å²) in [5.74, 6) is -14.5. The zero-order chi connectivity index (χ0) is 21.7. The number of ether oxygens (including phenoxy) is 1. The quantitative estimate of drug-likeness (QED) is 0.402. The van der Waals surface area contributed by atoms with Crippen LogP contribution in [0.1, 0.15) is 12.8 Å². The molecular weight excluding hydrogens is 439 g/mol. The van der Waals surface area contributed by atoms with Crippen molar-refractivity contribution in [1.82, 2.24) is 0 Å². The van der Waals surface area contributed by atoms with Crippen molar-refractivity contribution in [3.8, 4) is 0 Å². The first kappa shape index (κ1) is 24.3. The Kier molecular flexibility index (Phi) is 5.97. The fourth-order valence-corrected chi connectivity index (χ4v) is 5.64. The van der Waals surface area contributed by atoms with E-state index in [9.17, 15) is 57.1 Å². The molecule has 0 aromatic heterocycles. The van der Waals surface area contributed by atoms with E-state index in [1.807, 2.05) is 0 Å². The first-order valence-electron chi connectivity index (χ1n) is 6.96. The Morgan fingerprint density at radius 2 is 1.19 bits per heavy atom. The van der Waals surface area contributed by atoms with Gasteiger partial charge < -0.3 is 4.43 Å². The van der Waals surface area contributed by atoms with Gasteiger partial charge in [0.2, 0.25) is 0 Å². The molecule has 0 spiro atoms. The Hall–Kier alpha value is -0.773. The minimum atomic E-state index is -7.34. The Morgan fingerprint density at radius 3 is 1.52 bits per heavy atom. The van der Waals surface area contributed by atoms with Crippen LogP contribution in [0, 0.1) is 0 Å². The van der Waals surface area contributed by atoms with E-state index in [2.05, 4.69) is 9.16 Å². The van der Waals surface area contributed by atoms with Crippen LogP contribution in [0.4, 0.5) is 57.1 Å². The van der Waals surface area contributed by atoms with E-state index in [0.717, 1.165) is 0 Å². The molecule has 0 saturated carbocycles. The third-order valence-electron chi connectivity index (χ3n) is 3.90. The van der Waals surface area contributed by atoms with Gasteiger partial charge in [0.15, 0.2) is 0 Å². The van der Waals surface area contributed by atoms with Gasteiger partial charge in [0.25, 0.3) is 13.8 Å². The summed E-state index contributed by atoms with van der Waals surface area (Å²) in [6.45, 7) is -0.554. The highest BCUT2D eigenvalue weighted by molar-refractivity contribution is 6.75. The maximum absolute atomic E-state index is 14.9. The van der Waals surface area contributed by atoms with E-state index < -0.39 is 56.8 Å². The summed E-state index contributed by atoms with van der Waals surface area (Å²) >= 11 is 0. The summed E-state index contributed by atoms with van der Waals surface area (Å²) in [5.41, 5.74) is -6.07. The first-order valence-corrected chi connectivity index (χ1v) is 9.58. The molecule has 0 radical (unpaired) electrons. The lowest BCUT2D eigenvalue weighted by Crippen LogP contribution is -2.76. The lowest BCUT2D eigenvalue weighted by atomic mass is 10.1. The third kappa shape index (κ3) is 3.75. The molecule has 0 bridgehead atoms. The van der Waals surface area contributed by atoms with Gasteiger partial charge >= 0.3 is 30.3 Å². The molecule has 1 fully saturated rings. The molecule has 0 amide bonds. The molecular formula is C11H11F13O2Si. The van der Waals surface area contributed by atoms with Crippen molar-refractivity contribution in [3.63, 3.8) is 0 Å². The smallest absolute Gasteiger partial charge is 0.410 e. The molecule has 2 nitrogen and oxygen atoms in total.